The van der Waals surface area contributed by atoms with Gasteiger partial charge in [0, 0.05) is 22.8 Å². The average molecular weight is 420 g/mol. The van der Waals surface area contributed by atoms with E-state index in [4.69, 9.17) is 14.2 Å². The summed E-state index contributed by atoms with van der Waals surface area (Å²) in [7, 11) is 0. The first kappa shape index (κ1) is 20.7. The number of amides is 1. The fourth-order valence-electron chi connectivity index (χ4n) is 3.60. The summed E-state index contributed by atoms with van der Waals surface area (Å²) in [6.07, 6.45) is -0.297. The molecule has 0 saturated heterocycles. The zero-order valence-electron chi connectivity index (χ0n) is 17.7. The molecule has 1 atom stereocenters. The molecule has 2 aromatic carbocycles. The van der Waals surface area contributed by atoms with E-state index in [0.717, 1.165) is 16.8 Å². The highest BCUT2D eigenvalue weighted by atomic mass is 16.6. The highest BCUT2D eigenvalue weighted by molar-refractivity contribution is 6.06. The van der Waals surface area contributed by atoms with E-state index in [-0.39, 0.29) is 0 Å². The Hall–Kier alpha value is -3.61. The second-order valence-electron chi connectivity index (χ2n) is 7.32. The van der Waals surface area contributed by atoms with Gasteiger partial charge >= 0.3 is 5.97 Å². The first-order valence-corrected chi connectivity index (χ1v) is 10.3. The van der Waals surface area contributed by atoms with Crippen LogP contribution in [0, 0.1) is 6.92 Å². The van der Waals surface area contributed by atoms with Crippen molar-refractivity contribution in [2.24, 2.45) is 0 Å². The Bertz CT molecular complexity index is 1160. The largest absolute Gasteiger partial charge is 0.486 e. The maximum absolute atomic E-state index is 13.0. The number of hydrogen-bond donors (Lipinski definition) is 1. The van der Waals surface area contributed by atoms with Gasteiger partial charge in [-0.15, -0.1) is 0 Å². The molecule has 2 heterocycles. The number of hydrogen-bond acceptors (Lipinski definition) is 6. The summed E-state index contributed by atoms with van der Waals surface area (Å²) in [5.74, 6) is 0.225. The molecule has 1 aliphatic heterocycles. The van der Waals surface area contributed by atoms with Gasteiger partial charge in [-0.2, -0.15) is 0 Å². The molecular formula is C24H24N2O5. The van der Waals surface area contributed by atoms with Gasteiger partial charge in [0.25, 0.3) is 5.91 Å². The van der Waals surface area contributed by atoms with Crippen molar-refractivity contribution in [3.8, 4) is 11.5 Å². The molecule has 160 valence electrons. The van der Waals surface area contributed by atoms with Crippen molar-refractivity contribution in [2.45, 2.75) is 33.3 Å². The van der Waals surface area contributed by atoms with E-state index < -0.39 is 18.0 Å². The number of nitrogens with zero attached hydrogens (tertiary/aromatic N) is 1. The van der Waals surface area contributed by atoms with E-state index >= 15 is 0 Å². The summed E-state index contributed by atoms with van der Waals surface area (Å²) < 4.78 is 16.6. The van der Waals surface area contributed by atoms with E-state index in [1.165, 1.54) is 0 Å². The molecule has 0 saturated carbocycles. The van der Waals surface area contributed by atoms with E-state index in [9.17, 15) is 9.59 Å². The van der Waals surface area contributed by atoms with Crippen LogP contribution in [0.3, 0.4) is 0 Å². The molecule has 7 heteroatoms. The van der Waals surface area contributed by atoms with Crippen molar-refractivity contribution >= 4 is 28.5 Å². The Balaban J connectivity index is 1.52. The van der Waals surface area contributed by atoms with Crippen LogP contribution < -0.4 is 14.8 Å². The molecule has 0 aliphatic carbocycles. The fraction of sp³-hybridized carbons (Fsp3) is 0.292. The molecular weight excluding hydrogens is 396 g/mol. The van der Waals surface area contributed by atoms with Crippen LogP contribution in [0.2, 0.25) is 0 Å². The smallest absolute Gasteiger partial charge is 0.339 e. The summed E-state index contributed by atoms with van der Waals surface area (Å²) >= 11 is 0. The summed E-state index contributed by atoms with van der Waals surface area (Å²) in [6, 6.07) is 12.6. The molecule has 1 aliphatic rings. The summed E-state index contributed by atoms with van der Waals surface area (Å²) in [5, 5.41) is 3.47. The Morgan fingerprint density at radius 3 is 2.65 bits per heavy atom. The number of anilines is 1. The van der Waals surface area contributed by atoms with Gasteiger partial charge in [-0.05, 0) is 44.0 Å². The molecule has 0 fully saturated rings. The minimum absolute atomic E-state index is 0.434. The second-order valence-corrected chi connectivity index (χ2v) is 7.32. The molecule has 4 rings (SSSR count). The van der Waals surface area contributed by atoms with Crippen LogP contribution in [0.5, 0.6) is 11.5 Å². The molecule has 31 heavy (non-hydrogen) atoms. The predicted molar refractivity (Wildman–Crippen MR) is 117 cm³/mol. The number of ether oxygens (including phenoxy) is 3. The highest BCUT2D eigenvalue weighted by Crippen LogP contribution is 2.32. The maximum Gasteiger partial charge on any atom is 0.339 e. The first-order chi connectivity index (χ1) is 15.0. The number of pyridine rings is 1. The number of aromatic nitrogens is 1. The maximum atomic E-state index is 13.0. The molecule has 1 aromatic heterocycles. The van der Waals surface area contributed by atoms with Crippen LogP contribution >= 0.6 is 0 Å². The highest BCUT2D eigenvalue weighted by Gasteiger charge is 2.24. The number of carbonyl (C=O) groups is 2. The fourth-order valence-corrected chi connectivity index (χ4v) is 3.60. The molecule has 0 spiro atoms. The minimum Gasteiger partial charge on any atom is -0.486 e. The zero-order valence-corrected chi connectivity index (χ0v) is 17.7. The third kappa shape index (κ3) is 4.17. The zero-order chi connectivity index (χ0) is 22.0. The van der Waals surface area contributed by atoms with Gasteiger partial charge in [-0.1, -0.05) is 25.1 Å². The van der Waals surface area contributed by atoms with Crippen molar-refractivity contribution in [2.75, 3.05) is 18.5 Å². The molecule has 0 unspecified atom stereocenters. The summed E-state index contributed by atoms with van der Waals surface area (Å²) in [6.45, 7) is 6.34. The number of carbonyl (C=O) groups excluding carboxylic acids is 2. The molecule has 1 N–H and O–H groups in total. The summed E-state index contributed by atoms with van der Waals surface area (Å²) in [5.41, 5.74) is 3.31. The molecule has 0 bridgehead atoms. The van der Waals surface area contributed by atoms with Gasteiger partial charge in [0.1, 0.15) is 13.2 Å². The van der Waals surface area contributed by atoms with Gasteiger partial charge in [-0.3, -0.25) is 9.78 Å². The van der Waals surface area contributed by atoms with E-state index in [1.54, 1.807) is 25.1 Å². The average Bonchev–Trinajstić information content (AvgIpc) is 2.78. The van der Waals surface area contributed by atoms with Crippen molar-refractivity contribution in [1.29, 1.82) is 0 Å². The lowest BCUT2D eigenvalue weighted by atomic mass is 10.0. The number of rotatable bonds is 5. The van der Waals surface area contributed by atoms with Crippen LogP contribution in [-0.2, 0) is 16.0 Å². The topological polar surface area (TPSA) is 86.8 Å². The lowest BCUT2D eigenvalue weighted by molar-refractivity contribution is -0.123. The minimum atomic E-state index is -0.989. The van der Waals surface area contributed by atoms with Crippen LogP contribution in [0.25, 0.3) is 10.9 Å². The molecule has 3 aromatic rings. The summed E-state index contributed by atoms with van der Waals surface area (Å²) in [4.78, 5) is 30.3. The molecule has 7 nitrogen and oxygen atoms in total. The van der Waals surface area contributed by atoms with E-state index in [1.807, 2.05) is 38.1 Å². The third-order valence-corrected chi connectivity index (χ3v) is 5.24. The van der Waals surface area contributed by atoms with Crippen molar-refractivity contribution in [3.63, 3.8) is 0 Å². The number of aryl methyl sites for hydroxylation is 1. The van der Waals surface area contributed by atoms with Gasteiger partial charge in [0.2, 0.25) is 0 Å². The van der Waals surface area contributed by atoms with Crippen LogP contribution in [0.4, 0.5) is 5.69 Å². The molecule has 1 amide bonds. The normalized spacial score (nSPS) is 13.5. The Kier molecular flexibility index (Phi) is 5.75. The van der Waals surface area contributed by atoms with Gasteiger partial charge in [-0.25, -0.2) is 4.79 Å². The third-order valence-electron chi connectivity index (χ3n) is 5.24. The van der Waals surface area contributed by atoms with E-state index in [0.29, 0.717) is 47.8 Å². The van der Waals surface area contributed by atoms with Gasteiger partial charge < -0.3 is 19.5 Å². The lowest BCUT2D eigenvalue weighted by Gasteiger charge is -2.20. The SMILES string of the molecule is CCc1nc2ccccc2c(C(=O)O[C@H](C)C(=O)Nc2ccc3c(c2)OCCO3)c1C. The Labute approximate surface area is 180 Å². The van der Waals surface area contributed by atoms with Gasteiger partial charge in [0.05, 0.1) is 11.1 Å². The Morgan fingerprint density at radius 2 is 1.87 bits per heavy atom. The van der Waals surface area contributed by atoms with Crippen molar-refractivity contribution < 1.29 is 23.8 Å². The number of para-hydroxylation sites is 1. The van der Waals surface area contributed by atoms with E-state index in [2.05, 4.69) is 10.3 Å². The number of esters is 1. The lowest BCUT2D eigenvalue weighted by Crippen LogP contribution is -2.30. The monoisotopic (exact) mass is 420 g/mol. The number of nitrogens with one attached hydrogen (secondary N) is 1. The quantitative estimate of drug-likeness (QED) is 0.627. The number of fused-ring (bicyclic) bond motifs is 2. The molecule has 0 radical (unpaired) electrons. The first-order valence-electron chi connectivity index (χ1n) is 10.3. The predicted octanol–water partition coefficient (Wildman–Crippen LogP) is 4.06. The van der Waals surface area contributed by atoms with Gasteiger partial charge in [0.15, 0.2) is 17.6 Å². The standard InChI is InChI=1S/C24H24N2O5/c1-4-18-14(2)22(17-7-5-6-8-19(17)26-18)24(28)31-15(3)23(27)25-16-9-10-20-21(13-16)30-12-11-29-20/h5-10,13,15H,4,11-12H2,1-3H3,(H,25,27)/t15-/m1/s1. The Morgan fingerprint density at radius 1 is 1.13 bits per heavy atom. The van der Waals surface area contributed by atoms with Crippen molar-refractivity contribution in [3.05, 3.63) is 59.3 Å². The second kappa shape index (κ2) is 8.63. The van der Waals surface area contributed by atoms with Crippen molar-refractivity contribution in [1.82, 2.24) is 4.98 Å². The number of benzene rings is 2. The van der Waals surface area contributed by atoms with Crippen LogP contribution in [-0.4, -0.2) is 36.2 Å². The van der Waals surface area contributed by atoms with Crippen LogP contribution in [0.1, 0.15) is 35.5 Å². The van der Waals surface area contributed by atoms with Crippen LogP contribution in [0.15, 0.2) is 42.5 Å².